The summed E-state index contributed by atoms with van der Waals surface area (Å²) in [5.74, 6) is 0.146. The number of ether oxygens (including phenoxy) is 1. The van der Waals surface area contributed by atoms with E-state index in [1.54, 1.807) is 31.3 Å². The number of amides is 2. The van der Waals surface area contributed by atoms with Crippen LogP contribution in [0.5, 0.6) is 5.75 Å². The van der Waals surface area contributed by atoms with Crippen LogP contribution in [0.2, 0.25) is 0 Å². The van der Waals surface area contributed by atoms with Crippen molar-refractivity contribution in [3.8, 4) is 5.75 Å². The lowest BCUT2D eigenvalue weighted by Crippen LogP contribution is -2.37. The molecule has 6 nitrogen and oxygen atoms in total. The fraction of sp³-hybridized carbons (Fsp3) is 0.259. The number of hydrogen-bond donors (Lipinski definition) is 1. The molecular weight excluding hydrogens is 414 g/mol. The minimum Gasteiger partial charge on any atom is -0.410 e. The zero-order chi connectivity index (χ0) is 23.2. The molecule has 1 unspecified atom stereocenters. The van der Waals surface area contributed by atoms with Crippen molar-refractivity contribution in [2.75, 3.05) is 28.7 Å². The number of carbonyl (C=O) groups is 2. The van der Waals surface area contributed by atoms with E-state index in [9.17, 15) is 9.59 Å². The molecule has 1 aliphatic rings. The number of piperidine rings is 1. The van der Waals surface area contributed by atoms with Crippen molar-refractivity contribution in [3.05, 3.63) is 84.4 Å². The number of benzene rings is 3. The number of para-hydroxylation sites is 1. The summed E-state index contributed by atoms with van der Waals surface area (Å²) in [4.78, 5) is 29.0. The molecule has 3 aromatic carbocycles. The van der Waals surface area contributed by atoms with E-state index in [2.05, 4.69) is 17.1 Å². The molecule has 0 saturated carbocycles. The monoisotopic (exact) mass is 443 g/mol. The van der Waals surface area contributed by atoms with Gasteiger partial charge in [0, 0.05) is 48.3 Å². The maximum Gasteiger partial charge on any atom is 0.419 e. The summed E-state index contributed by atoms with van der Waals surface area (Å²) in [5.41, 5.74) is 3.01. The predicted octanol–water partition coefficient (Wildman–Crippen LogP) is 5.95. The van der Waals surface area contributed by atoms with Crippen molar-refractivity contribution in [1.82, 2.24) is 0 Å². The van der Waals surface area contributed by atoms with Crippen molar-refractivity contribution in [3.63, 3.8) is 0 Å². The molecule has 0 aliphatic carbocycles. The Hall–Kier alpha value is -3.80. The van der Waals surface area contributed by atoms with Gasteiger partial charge in [-0.1, -0.05) is 24.3 Å². The van der Waals surface area contributed by atoms with Crippen molar-refractivity contribution < 1.29 is 14.3 Å². The van der Waals surface area contributed by atoms with Gasteiger partial charge in [0.05, 0.1) is 0 Å². The summed E-state index contributed by atoms with van der Waals surface area (Å²) in [6.45, 7) is 3.30. The number of hydrogen-bond acceptors (Lipinski definition) is 4. The van der Waals surface area contributed by atoms with Crippen LogP contribution in [0, 0.1) is 0 Å². The molecule has 1 atom stereocenters. The smallest absolute Gasteiger partial charge is 0.410 e. The van der Waals surface area contributed by atoms with E-state index in [1.807, 2.05) is 54.6 Å². The van der Waals surface area contributed by atoms with Crippen molar-refractivity contribution in [1.29, 1.82) is 0 Å². The molecule has 6 heteroatoms. The van der Waals surface area contributed by atoms with E-state index in [4.69, 9.17) is 4.74 Å². The highest BCUT2D eigenvalue weighted by molar-refractivity contribution is 6.04. The summed E-state index contributed by atoms with van der Waals surface area (Å²) in [5, 5.41) is 2.88. The zero-order valence-corrected chi connectivity index (χ0v) is 19.0. The van der Waals surface area contributed by atoms with Crippen molar-refractivity contribution in [2.24, 2.45) is 0 Å². The van der Waals surface area contributed by atoms with Crippen LogP contribution in [-0.4, -0.2) is 31.6 Å². The maximum atomic E-state index is 12.8. The molecule has 3 aromatic rings. The molecule has 0 aromatic heterocycles. The first kappa shape index (κ1) is 22.4. The number of rotatable bonds is 5. The first-order valence-electron chi connectivity index (χ1n) is 11.3. The standard InChI is InChI=1S/C27H29N3O3/c1-20-9-6-7-18-30(20)24-16-14-21(15-17-24)26(31)28-22-10-8-13-25(19-22)33-27(32)29(2)23-11-4-3-5-12-23/h3-5,8,10-17,19-20H,6-7,9,18H2,1-2H3,(H,28,31). The third-order valence-corrected chi connectivity index (χ3v) is 5.98. The molecule has 0 spiro atoms. The molecule has 4 rings (SSSR count). The lowest BCUT2D eigenvalue weighted by molar-refractivity contribution is 0.102. The molecular formula is C27H29N3O3. The lowest BCUT2D eigenvalue weighted by Gasteiger charge is -2.35. The van der Waals surface area contributed by atoms with Crippen LogP contribution in [0.1, 0.15) is 36.5 Å². The topological polar surface area (TPSA) is 61.9 Å². The first-order chi connectivity index (χ1) is 16.0. The Morgan fingerprint density at radius 3 is 2.45 bits per heavy atom. The normalized spacial score (nSPS) is 15.6. The van der Waals surface area contributed by atoms with Crippen LogP contribution in [-0.2, 0) is 0 Å². The van der Waals surface area contributed by atoms with Gasteiger partial charge in [-0.3, -0.25) is 9.69 Å². The molecule has 2 amide bonds. The van der Waals surface area contributed by atoms with E-state index >= 15 is 0 Å². The lowest BCUT2D eigenvalue weighted by atomic mass is 10.0. The molecule has 1 heterocycles. The second-order valence-electron chi connectivity index (χ2n) is 8.33. The quantitative estimate of drug-likeness (QED) is 0.529. The largest absolute Gasteiger partial charge is 0.419 e. The maximum absolute atomic E-state index is 12.8. The fourth-order valence-electron chi connectivity index (χ4n) is 4.05. The van der Waals surface area contributed by atoms with Gasteiger partial charge in [-0.25, -0.2) is 4.79 Å². The van der Waals surface area contributed by atoms with Gasteiger partial charge in [0.1, 0.15) is 5.75 Å². The minimum absolute atomic E-state index is 0.210. The van der Waals surface area contributed by atoms with Crippen LogP contribution < -0.4 is 19.9 Å². The second kappa shape index (κ2) is 10.2. The summed E-state index contributed by atoms with van der Waals surface area (Å²) < 4.78 is 5.48. The average Bonchev–Trinajstić information content (AvgIpc) is 2.85. The Labute approximate surface area is 194 Å². The third-order valence-electron chi connectivity index (χ3n) is 5.98. The highest BCUT2D eigenvalue weighted by Crippen LogP contribution is 2.25. The van der Waals surface area contributed by atoms with Crippen LogP contribution in [0.4, 0.5) is 21.9 Å². The van der Waals surface area contributed by atoms with E-state index < -0.39 is 6.09 Å². The van der Waals surface area contributed by atoms with Gasteiger partial charge < -0.3 is 15.0 Å². The van der Waals surface area contributed by atoms with Crippen LogP contribution >= 0.6 is 0 Å². The van der Waals surface area contributed by atoms with Gasteiger partial charge >= 0.3 is 6.09 Å². The van der Waals surface area contributed by atoms with E-state index in [0.29, 0.717) is 23.0 Å². The number of anilines is 3. The summed E-state index contributed by atoms with van der Waals surface area (Å²) in [6, 6.07) is 24.3. The van der Waals surface area contributed by atoms with Gasteiger partial charge in [-0.15, -0.1) is 0 Å². The van der Waals surface area contributed by atoms with E-state index in [1.165, 1.54) is 24.2 Å². The number of nitrogens with zero attached hydrogens (tertiary/aromatic N) is 2. The van der Waals surface area contributed by atoms with Crippen molar-refractivity contribution in [2.45, 2.75) is 32.2 Å². The minimum atomic E-state index is -0.507. The highest BCUT2D eigenvalue weighted by Gasteiger charge is 2.19. The Morgan fingerprint density at radius 1 is 0.970 bits per heavy atom. The van der Waals surface area contributed by atoms with Gasteiger partial charge in [0.25, 0.3) is 5.91 Å². The third kappa shape index (κ3) is 5.52. The molecule has 1 aliphatic heterocycles. The molecule has 0 bridgehead atoms. The van der Waals surface area contributed by atoms with Gasteiger partial charge in [-0.05, 0) is 74.7 Å². The second-order valence-corrected chi connectivity index (χ2v) is 8.33. The Balaban J connectivity index is 1.38. The SMILES string of the molecule is CC1CCCCN1c1ccc(C(=O)Nc2cccc(OC(=O)N(C)c3ccccc3)c2)cc1. The molecule has 1 N–H and O–H groups in total. The molecule has 1 saturated heterocycles. The predicted molar refractivity (Wildman–Crippen MR) is 132 cm³/mol. The fourth-order valence-corrected chi connectivity index (χ4v) is 4.05. The van der Waals surface area contributed by atoms with Crippen LogP contribution in [0.15, 0.2) is 78.9 Å². The van der Waals surface area contributed by atoms with E-state index in [-0.39, 0.29) is 5.91 Å². The number of carbonyl (C=O) groups excluding carboxylic acids is 2. The Kier molecular flexibility index (Phi) is 6.93. The van der Waals surface area contributed by atoms with Gasteiger partial charge in [0.2, 0.25) is 0 Å². The average molecular weight is 444 g/mol. The summed E-state index contributed by atoms with van der Waals surface area (Å²) in [7, 11) is 1.65. The Morgan fingerprint density at radius 2 is 1.73 bits per heavy atom. The Bertz CT molecular complexity index is 1100. The first-order valence-corrected chi connectivity index (χ1v) is 11.3. The van der Waals surface area contributed by atoms with Gasteiger partial charge in [0.15, 0.2) is 0 Å². The van der Waals surface area contributed by atoms with Gasteiger partial charge in [-0.2, -0.15) is 0 Å². The number of nitrogens with one attached hydrogen (secondary N) is 1. The van der Waals surface area contributed by atoms with Crippen LogP contribution in [0.3, 0.4) is 0 Å². The molecule has 0 radical (unpaired) electrons. The summed E-state index contributed by atoms with van der Waals surface area (Å²) in [6.07, 6.45) is 3.17. The molecule has 1 fully saturated rings. The summed E-state index contributed by atoms with van der Waals surface area (Å²) >= 11 is 0. The van der Waals surface area contributed by atoms with Crippen LogP contribution in [0.25, 0.3) is 0 Å². The van der Waals surface area contributed by atoms with Crippen molar-refractivity contribution >= 4 is 29.1 Å². The molecule has 170 valence electrons. The molecule has 33 heavy (non-hydrogen) atoms. The highest BCUT2D eigenvalue weighted by atomic mass is 16.6. The zero-order valence-electron chi connectivity index (χ0n) is 19.0. The van der Waals surface area contributed by atoms with E-state index in [0.717, 1.165) is 17.9 Å².